The highest BCUT2D eigenvalue weighted by molar-refractivity contribution is 5.97. The van der Waals surface area contributed by atoms with Gasteiger partial charge >= 0.3 is 5.97 Å². The van der Waals surface area contributed by atoms with E-state index in [0.29, 0.717) is 12.1 Å². The molecule has 0 spiro atoms. The van der Waals surface area contributed by atoms with Crippen LogP contribution in [-0.4, -0.2) is 39.0 Å². The summed E-state index contributed by atoms with van der Waals surface area (Å²) in [6.07, 6.45) is 1.47. The van der Waals surface area contributed by atoms with Crippen LogP contribution in [0.25, 0.3) is 0 Å². The smallest absolute Gasteiger partial charge is 0.329 e. The van der Waals surface area contributed by atoms with Crippen molar-refractivity contribution in [3.05, 3.63) is 29.6 Å². The minimum atomic E-state index is -1.24. The third-order valence-electron chi connectivity index (χ3n) is 2.92. The second-order valence-corrected chi connectivity index (χ2v) is 4.60. The van der Waals surface area contributed by atoms with Crippen LogP contribution in [0, 0.1) is 6.92 Å². The first kappa shape index (κ1) is 14.2. The van der Waals surface area contributed by atoms with Crippen LogP contribution < -0.4 is 0 Å². The third-order valence-corrected chi connectivity index (χ3v) is 2.92. The Labute approximate surface area is 106 Å². The van der Waals surface area contributed by atoms with Gasteiger partial charge in [-0.25, -0.2) is 4.79 Å². The number of amides is 1. The SMILES string of the molecule is CCN(C(=O)c1ccc(C)nc1)C(C)(C)C(=O)O. The highest BCUT2D eigenvalue weighted by Gasteiger charge is 2.37. The molecule has 0 aliphatic carbocycles. The van der Waals surface area contributed by atoms with E-state index in [0.717, 1.165) is 5.69 Å². The van der Waals surface area contributed by atoms with Gasteiger partial charge in [0.15, 0.2) is 0 Å². The van der Waals surface area contributed by atoms with Crippen molar-refractivity contribution in [3.63, 3.8) is 0 Å². The van der Waals surface area contributed by atoms with Crippen LogP contribution >= 0.6 is 0 Å². The second kappa shape index (κ2) is 5.16. The zero-order valence-corrected chi connectivity index (χ0v) is 11.1. The van der Waals surface area contributed by atoms with Gasteiger partial charge in [0.2, 0.25) is 0 Å². The van der Waals surface area contributed by atoms with Crippen molar-refractivity contribution in [1.82, 2.24) is 9.88 Å². The van der Waals surface area contributed by atoms with E-state index >= 15 is 0 Å². The molecule has 0 atom stereocenters. The topological polar surface area (TPSA) is 70.5 Å². The average molecular weight is 250 g/mol. The average Bonchev–Trinajstić information content (AvgIpc) is 2.30. The van der Waals surface area contributed by atoms with Gasteiger partial charge < -0.3 is 10.0 Å². The first-order valence-electron chi connectivity index (χ1n) is 5.78. The van der Waals surface area contributed by atoms with Crippen LogP contribution in [0.3, 0.4) is 0 Å². The van der Waals surface area contributed by atoms with E-state index in [1.54, 1.807) is 19.1 Å². The van der Waals surface area contributed by atoms with Crippen LogP contribution in [0.2, 0.25) is 0 Å². The summed E-state index contributed by atoms with van der Waals surface area (Å²) in [6, 6.07) is 3.39. The lowest BCUT2D eigenvalue weighted by Crippen LogP contribution is -2.52. The van der Waals surface area contributed by atoms with Crippen molar-refractivity contribution in [2.24, 2.45) is 0 Å². The molecule has 1 N–H and O–H groups in total. The van der Waals surface area contributed by atoms with Gasteiger partial charge in [-0.2, -0.15) is 0 Å². The summed E-state index contributed by atoms with van der Waals surface area (Å²) in [5.41, 5.74) is -0.0275. The number of pyridine rings is 1. The molecule has 1 heterocycles. The van der Waals surface area contributed by atoms with E-state index < -0.39 is 11.5 Å². The summed E-state index contributed by atoms with van der Waals surface area (Å²) in [7, 11) is 0. The van der Waals surface area contributed by atoms with Crippen molar-refractivity contribution < 1.29 is 14.7 Å². The molecular weight excluding hydrogens is 232 g/mol. The summed E-state index contributed by atoms with van der Waals surface area (Å²) < 4.78 is 0. The van der Waals surface area contributed by atoms with Gasteiger partial charge in [-0.3, -0.25) is 9.78 Å². The molecule has 0 aliphatic heterocycles. The molecule has 0 saturated heterocycles. The van der Waals surface area contributed by atoms with Crippen molar-refractivity contribution >= 4 is 11.9 Å². The number of carbonyl (C=O) groups is 2. The van der Waals surface area contributed by atoms with Gasteiger partial charge in [0, 0.05) is 18.4 Å². The Balaban J connectivity index is 3.07. The summed E-state index contributed by atoms with van der Waals surface area (Å²) in [5.74, 6) is -1.35. The van der Waals surface area contributed by atoms with Crippen LogP contribution in [0.15, 0.2) is 18.3 Å². The molecule has 0 bridgehead atoms. The lowest BCUT2D eigenvalue weighted by molar-refractivity contribution is -0.147. The Morgan fingerprint density at radius 3 is 2.39 bits per heavy atom. The Kier molecular flexibility index (Phi) is 4.06. The van der Waals surface area contributed by atoms with E-state index in [1.165, 1.54) is 24.9 Å². The molecule has 0 fully saturated rings. The largest absolute Gasteiger partial charge is 0.480 e. The van der Waals surface area contributed by atoms with Crippen molar-refractivity contribution in [2.45, 2.75) is 33.2 Å². The fourth-order valence-corrected chi connectivity index (χ4v) is 1.66. The summed E-state index contributed by atoms with van der Waals surface area (Å²) in [6.45, 7) is 6.93. The Morgan fingerprint density at radius 2 is 2.00 bits per heavy atom. The highest BCUT2D eigenvalue weighted by Crippen LogP contribution is 2.18. The fraction of sp³-hybridized carbons (Fsp3) is 0.462. The van der Waals surface area contributed by atoms with Gasteiger partial charge in [0.05, 0.1) is 5.56 Å². The molecule has 0 unspecified atom stereocenters. The number of aryl methyl sites for hydroxylation is 1. The normalized spacial score (nSPS) is 11.1. The third kappa shape index (κ3) is 2.67. The maximum Gasteiger partial charge on any atom is 0.329 e. The maximum atomic E-state index is 12.3. The van der Waals surface area contributed by atoms with Crippen LogP contribution in [0.4, 0.5) is 0 Å². The van der Waals surface area contributed by atoms with Crippen molar-refractivity contribution in [3.8, 4) is 0 Å². The maximum absolute atomic E-state index is 12.3. The molecule has 0 aliphatic rings. The minimum Gasteiger partial charge on any atom is -0.480 e. The van der Waals surface area contributed by atoms with E-state index in [2.05, 4.69) is 4.98 Å². The molecule has 1 amide bonds. The number of rotatable bonds is 4. The molecule has 18 heavy (non-hydrogen) atoms. The van der Waals surface area contributed by atoms with E-state index in [4.69, 9.17) is 0 Å². The lowest BCUT2D eigenvalue weighted by atomic mass is 10.0. The first-order valence-corrected chi connectivity index (χ1v) is 5.78. The number of carbonyl (C=O) groups excluding carboxylic acids is 1. The van der Waals surface area contributed by atoms with Gasteiger partial charge in [0.1, 0.15) is 5.54 Å². The zero-order chi connectivity index (χ0) is 13.9. The standard InChI is InChI=1S/C13H18N2O3/c1-5-15(13(3,4)12(17)18)11(16)10-7-6-9(2)14-8-10/h6-8H,5H2,1-4H3,(H,17,18). The minimum absolute atomic E-state index is 0.322. The molecule has 5 nitrogen and oxygen atoms in total. The van der Waals surface area contributed by atoms with Crippen LogP contribution in [-0.2, 0) is 4.79 Å². The van der Waals surface area contributed by atoms with E-state index in [1.807, 2.05) is 6.92 Å². The summed E-state index contributed by atoms with van der Waals surface area (Å²) in [4.78, 5) is 28.8. The number of hydrogen-bond acceptors (Lipinski definition) is 3. The molecule has 0 aromatic carbocycles. The number of carboxylic acid groups (broad SMARTS) is 1. The number of nitrogens with zero attached hydrogens (tertiary/aromatic N) is 2. The molecule has 0 radical (unpaired) electrons. The number of carboxylic acids is 1. The van der Waals surface area contributed by atoms with Crippen LogP contribution in [0.1, 0.15) is 36.8 Å². The molecule has 5 heteroatoms. The molecule has 1 rings (SSSR count). The molecule has 1 aromatic rings. The molecule has 1 aromatic heterocycles. The number of aromatic nitrogens is 1. The van der Waals surface area contributed by atoms with E-state index in [9.17, 15) is 14.7 Å². The molecular formula is C13H18N2O3. The Bertz CT molecular complexity index is 452. The predicted molar refractivity (Wildman–Crippen MR) is 67.4 cm³/mol. The van der Waals surface area contributed by atoms with Gasteiger partial charge in [-0.05, 0) is 39.8 Å². The van der Waals surface area contributed by atoms with Crippen molar-refractivity contribution in [1.29, 1.82) is 0 Å². The summed E-state index contributed by atoms with van der Waals surface area (Å²) >= 11 is 0. The quantitative estimate of drug-likeness (QED) is 0.883. The predicted octanol–water partition coefficient (Wildman–Crippen LogP) is 1.72. The Morgan fingerprint density at radius 1 is 1.39 bits per heavy atom. The molecule has 98 valence electrons. The van der Waals surface area contributed by atoms with Crippen molar-refractivity contribution in [2.75, 3.05) is 6.54 Å². The molecule has 0 saturated carbocycles. The van der Waals surface area contributed by atoms with Crippen LogP contribution in [0.5, 0.6) is 0 Å². The van der Waals surface area contributed by atoms with Gasteiger partial charge in [-0.1, -0.05) is 0 Å². The monoisotopic (exact) mass is 250 g/mol. The lowest BCUT2D eigenvalue weighted by Gasteiger charge is -2.34. The second-order valence-electron chi connectivity index (χ2n) is 4.60. The van der Waals surface area contributed by atoms with E-state index in [-0.39, 0.29) is 5.91 Å². The summed E-state index contributed by atoms with van der Waals surface area (Å²) in [5, 5.41) is 9.17. The fourth-order valence-electron chi connectivity index (χ4n) is 1.66. The van der Waals surface area contributed by atoms with Gasteiger partial charge in [0.25, 0.3) is 5.91 Å². The zero-order valence-electron chi connectivity index (χ0n) is 11.1. The Hall–Kier alpha value is -1.91. The highest BCUT2D eigenvalue weighted by atomic mass is 16.4. The number of aliphatic carboxylic acids is 1. The number of hydrogen-bond donors (Lipinski definition) is 1. The number of likely N-dealkylation sites (N-methyl/N-ethyl adjacent to an activating group) is 1. The first-order chi connectivity index (χ1) is 8.30. The van der Waals surface area contributed by atoms with Gasteiger partial charge in [-0.15, -0.1) is 0 Å².